The third kappa shape index (κ3) is 3.41. The molecule has 2 saturated heterocycles. The van der Waals surface area contributed by atoms with Crippen LogP contribution in [0.25, 0.3) is 22.4 Å². The number of carbonyl (C=O) groups excluding carboxylic acids is 1. The maximum Gasteiger partial charge on any atom is 0.171 e. The molecule has 5 rings (SSSR count). The summed E-state index contributed by atoms with van der Waals surface area (Å²) in [6.07, 6.45) is 6.25. The zero-order valence-corrected chi connectivity index (χ0v) is 19.0. The summed E-state index contributed by atoms with van der Waals surface area (Å²) in [6.45, 7) is 8.12. The highest BCUT2D eigenvalue weighted by Crippen LogP contribution is 2.44. The number of Topliss-reactive ketones (excluding diaryl/α,β-unsaturated/α-hetero) is 1. The third-order valence-electron chi connectivity index (χ3n) is 6.58. The van der Waals surface area contributed by atoms with Crippen molar-refractivity contribution in [2.24, 2.45) is 10.8 Å². The molecule has 1 spiro atoms. The average Bonchev–Trinajstić information content (AvgIpc) is 3.47. The van der Waals surface area contributed by atoms with Crippen molar-refractivity contribution in [3.8, 4) is 11.3 Å². The number of anilines is 1. The van der Waals surface area contributed by atoms with Gasteiger partial charge in [-0.05, 0) is 41.9 Å². The van der Waals surface area contributed by atoms with E-state index < -0.39 is 5.41 Å². The summed E-state index contributed by atoms with van der Waals surface area (Å²) < 4.78 is 0. The highest BCUT2D eigenvalue weighted by Gasteiger charge is 2.40. The van der Waals surface area contributed by atoms with Crippen LogP contribution in [0.5, 0.6) is 0 Å². The van der Waals surface area contributed by atoms with Gasteiger partial charge in [-0.1, -0.05) is 32.9 Å². The van der Waals surface area contributed by atoms with Crippen LogP contribution in [0.1, 0.15) is 44.0 Å². The minimum atomic E-state index is -0.459. The second-order valence-electron chi connectivity index (χ2n) is 9.88. The van der Waals surface area contributed by atoms with E-state index in [0.717, 1.165) is 29.6 Å². The first kappa shape index (κ1) is 19.6. The highest BCUT2D eigenvalue weighted by molar-refractivity contribution is 7.99. The lowest BCUT2D eigenvalue weighted by molar-refractivity contribution is 0.0860. The summed E-state index contributed by atoms with van der Waals surface area (Å²) in [5.74, 6) is 2.90. The Bertz CT molecular complexity index is 1110. The van der Waals surface area contributed by atoms with Gasteiger partial charge in [0.25, 0.3) is 0 Å². The van der Waals surface area contributed by atoms with Crippen molar-refractivity contribution in [2.45, 2.75) is 33.6 Å². The Balaban J connectivity index is 1.47. The lowest BCUT2D eigenvalue weighted by Crippen LogP contribution is -2.26. The number of hydrogen-bond donors (Lipinski definition) is 1. The molecule has 0 bridgehead atoms. The van der Waals surface area contributed by atoms with E-state index >= 15 is 0 Å². The smallest absolute Gasteiger partial charge is 0.171 e. The van der Waals surface area contributed by atoms with Crippen molar-refractivity contribution in [2.75, 3.05) is 29.5 Å². The second kappa shape index (κ2) is 7.12. The van der Waals surface area contributed by atoms with E-state index in [0.29, 0.717) is 22.1 Å². The fourth-order valence-electron chi connectivity index (χ4n) is 4.77. The van der Waals surface area contributed by atoms with Gasteiger partial charge in [-0.3, -0.25) is 16.6 Å². The van der Waals surface area contributed by atoms with E-state index in [-0.39, 0.29) is 5.78 Å². The Kier molecular flexibility index (Phi) is 4.65. The normalized spacial score (nSPS) is 23.1. The molecule has 2 fully saturated rings. The summed E-state index contributed by atoms with van der Waals surface area (Å²) in [6, 6.07) is 8.62. The van der Waals surface area contributed by atoms with Crippen LogP contribution >= 0.6 is 11.8 Å². The Morgan fingerprint density at radius 2 is 2.13 bits per heavy atom. The number of H-pyrrole nitrogens is 1. The molecule has 4 heterocycles. The summed E-state index contributed by atoms with van der Waals surface area (Å²) in [5.41, 5.74) is 5.15. The van der Waals surface area contributed by atoms with Gasteiger partial charge >= 0.3 is 0 Å². The van der Waals surface area contributed by atoms with Crippen molar-refractivity contribution in [1.82, 2.24) is 15.0 Å². The molecule has 30 heavy (non-hydrogen) atoms. The molecule has 3 aromatic rings. The van der Waals surface area contributed by atoms with Crippen LogP contribution in [0.4, 0.5) is 5.69 Å². The van der Waals surface area contributed by atoms with Gasteiger partial charge in [0.2, 0.25) is 0 Å². The first-order chi connectivity index (χ1) is 14.3. The zero-order chi connectivity index (χ0) is 20.9. The number of hydrogen-bond acceptors (Lipinski definition) is 4. The van der Waals surface area contributed by atoms with Gasteiger partial charge < -0.3 is 9.88 Å². The van der Waals surface area contributed by atoms with Crippen LogP contribution in [0.2, 0.25) is 0 Å². The second-order valence-corrected chi connectivity index (χ2v) is 11.2. The fourth-order valence-corrected chi connectivity index (χ4v) is 6.65. The molecule has 158 valence electrons. The average molecular weight is 423 g/mol. The van der Waals surface area contributed by atoms with Crippen molar-refractivity contribution < 1.29 is 4.79 Å². The number of nitrogens with zero attached hydrogens (tertiary/aromatic N) is 3. The molecule has 1 unspecified atom stereocenters. The molecule has 5 nitrogen and oxygen atoms in total. The van der Waals surface area contributed by atoms with Crippen molar-refractivity contribution in [3.05, 3.63) is 42.2 Å². The molecule has 1 atom stereocenters. The van der Waals surface area contributed by atoms with Crippen LogP contribution < -0.4 is 4.90 Å². The highest BCUT2D eigenvalue weighted by atomic mass is 32.2. The van der Waals surface area contributed by atoms with E-state index in [9.17, 15) is 4.79 Å². The van der Waals surface area contributed by atoms with Crippen LogP contribution in [-0.2, 0) is 0 Å². The number of benzene rings is 1. The minimum absolute atomic E-state index is 0.0774. The van der Waals surface area contributed by atoms with Crippen LogP contribution in [0.3, 0.4) is 0 Å². The Hall–Kier alpha value is -2.34. The van der Waals surface area contributed by atoms with Crippen molar-refractivity contribution in [1.29, 1.82) is 0 Å². The molecule has 6 heteroatoms. The van der Waals surface area contributed by atoms with E-state index in [4.69, 9.17) is 4.98 Å². The Labute approximate surface area is 181 Å². The first-order valence-electron chi connectivity index (χ1n) is 10.8. The molecule has 0 amide bonds. The predicted octanol–water partition coefficient (Wildman–Crippen LogP) is 4.65. The largest absolute Gasteiger partial charge is 0.371 e. The standard InChI is InChI=1S/C24H30N4OS/c1-23(2,3)21(29)18-12-25-22-20(18)27-19(13-26-22)16-5-4-6-17(11-16)28-9-7-24(14-28)8-10-30-15-24/h4-6,11-13H,7-10,14-15,30H2,1-3H3,(H,25,26). The van der Waals surface area contributed by atoms with Crippen molar-refractivity contribution in [3.63, 3.8) is 0 Å². The molecule has 2 aromatic heterocycles. The maximum atomic E-state index is 12.8. The molecule has 2 aliphatic heterocycles. The number of ketones is 1. The van der Waals surface area contributed by atoms with Gasteiger partial charge in [-0.25, -0.2) is 9.97 Å². The van der Waals surface area contributed by atoms with E-state index in [1.54, 1.807) is 12.4 Å². The Morgan fingerprint density at radius 3 is 2.90 bits per heavy atom. The maximum absolute atomic E-state index is 12.8. The number of fused-ring (bicyclic) bond motifs is 1. The fraction of sp³-hybridized carbons (Fsp3) is 0.458. The Morgan fingerprint density at radius 1 is 1.27 bits per heavy atom. The number of aromatic amines is 1. The predicted molar refractivity (Wildman–Crippen MR) is 127 cm³/mol. The number of nitrogens with one attached hydrogen (secondary N) is 1. The van der Waals surface area contributed by atoms with Crippen LogP contribution in [0, 0.1) is 10.8 Å². The van der Waals surface area contributed by atoms with E-state index in [1.165, 1.54) is 36.6 Å². The zero-order valence-electron chi connectivity index (χ0n) is 18.0. The summed E-state index contributed by atoms with van der Waals surface area (Å²) >= 11 is 1.15. The summed E-state index contributed by atoms with van der Waals surface area (Å²) in [4.78, 5) is 27.9. The lowest BCUT2D eigenvalue weighted by Gasteiger charge is -2.24. The molecular weight excluding hydrogens is 392 g/mol. The van der Waals surface area contributed by atoms with Gasteiger partial charge in [-0.15, -0.1) is 0 Å². The lowest BCUT2D eigenvalue weighted by atomic mass is 9.87. The van der Waals surface area contributed by atoms with Gasteiger partial charge in [0.1, 0.15) is 5.52 Å². The van der Waals surface area contributed by atoms with E-state index in [2.05, 4.69) is 39.1 Å². The van der Waals surface area contributed by atoms with Gasteiger partial charge in [-0.2, -0.15) is 0 Å². The molecule has 1 N–H and O–H groups in total. The molecule has 0 aliphatic carbocycles. The van der Waals surface area contributed by atoms with Gasteiger partial charge in [0, 0.05) is 36.0 Å². The summed E-state index contributed by atoms with van der Waals surface area (Å²) in [7, 11) is 0. The molecule has 0 radical (unpaired) electrons. The number of aromatic nitrogens is 3. The van der Waals surface area contributed by atoms with Crippen LogP contribution in [-0.4, -0.2) is 45.3 Å². The molecule has 1 aromatic carbocycles. The van der Waals surface area contributed by atoms with E-state index in [1.807, 2.05) is 20.8 Å². The number of carbonyl (C=O) groups is 1. The minimum Gasteiger partial charge on any atom is -0.371 e. The topological polar surface area (TPSA) is 61.9 Å². The molecule has 0 saturated carbocycles. The van der Waals surface area contributed by atoms with Crippen molar-refractivity contribution >= 4 is 34.4 Å². The molecular formula is C24H30N4OS. The monoisotopic (exact) mass is 422 g/mol. The first-order valence-corrected chi connectivity index (χ1v) is 12.2. The SMILES string of the molecule is CC(C)(C)C(=O)c1c[nH]c2ncc(-c3cccc(N4CCC5(CC[SH2]C5)C4)c3)nc12. The third-order valence-corrected chi connectivity index (χ3v) is 8.19. The van der Waals surface area contributed by atoms with Crippen LogP contribution in [0.15, 0.2) is 36.7 Å². The van der Waals surface area contributed by atoms with Gasteiger partial charge in [0.15, 0.2) is 11.4 Å². The summed E-state index contributed by atoms with van der Waals surface area (Å²) in [5, 5.41) is 0. The quantitative estimate of drug-likeness (QED) is 0.624. The number of rotatable bonds is 3. The molecule has 2 aliphatic rings. The van der Waals surface area contributed by atoms with Gasteiger partial charge in [0.05, 0.1) is 17.5 Å².